The van der Waals surface area contributed by atoms with Crippen LogP contribution in [0.2, 0.25) is 0 Å². The first-order valence-electron chi connectivity index (χ1n) is 7.57. The summed E-state index contributed by atoms with van der Waals surface area (Å²) in [7, 11) is 2.96. The van der Waals surface area contributed by atoms with Crippen LogP contribution in [0.4, 0.5) is 5.69 Å². The molecule has 25 heavy (non-hydrogen) atoms. The number of carbonyl (C=O) groups excluding carboxylic acids is 2. The van der Waals surface area contributed by atoms with Crippen molar-refractivity contribution in [3.8, 4) is 0 Å². The lowest BCUT2D eigenvalue weighted by atomic mass is 10.3. The Morgan fingerprint density at radius 1 is 1.32 bits per heavy atom. The third-order valence-electron chi connectivity index (χ3n) is 3.44. The molecule has 8 heteroatoms. The molecule has 132 valence electrons. The van der Waals surface area contributed by atoms with Crippen molar-refractivity contribution in [2.24, 2.45) is 0 Å². The molecule has 0 saturated heterocycles. The van der Waals surface area contributed by atoms with E-state index in [-0.39, 0.29) is 23.0 Å². The van der Waals surface area contributed by atoms with Crippen molar-refractivity contribution >= 4 is 29.3 Å². The second-order valence-corrected chi connectivity index (χ2v) is 6.62. The van der Waals surface area contributed by atoms with Crippen molar-refractivity contribution < 1.29 is 14.3 Å². The maximum Gasteiger partial charge on any atom is 0.311 e. The van der Waals surface area contributed by atoms with Crippen molar-refractivity contribution in [1.29, 1.82) is 0 Å². The van der Waals surface area contributed by atoms with E-state index in [9.17, 15) is 14.4 Å². The quantitative estimate of drug-likeness (QED) is 0.478. The van der Waals surface area contributed by atoms with Crippen LogP contribution in [0.15, 0.2) is 46.3 Å². The fourth-order valence-corrected chi connectivity index (χ4v) is 3.04. The third-order valence-corrected chi connectivity index (χ3v) is 4.41. The number of nitrogens with one attached hydrogen (secondary N) is 1. The van der Waals surface area contributed by atoms with Gasteiger partial charge in [0, 0.05) is 18.8 Å². The van der Waals surface area contributed by atoms with Gasteiger partial charge in [-0.1, -0.05) is 30.0 Å². The number of benzene rings is 1. The molecule has 0 radical (unpaired) electrons. The van der Waals surface area contributed by atoms with Gasteiger partial charge in [-0.15, -0.1) is 0 Å². The lowest BCUT2D eigenvalue weighted by Gasteiger charge is -2.20. The van der Waals surface area contributed by atoms with E-state index < -0.39 is 11.2 Å². The molecule has 0 saturated carbocycles. The van der Waals surface area contributed by atoms with Crippen LogP contribution in [-0.4, -0.2) is 41.3 Å². The Labute approximate surface area is 149 Å². The van der Waals surface area contributed by atoms with Crippen LogP contribution in [0.25, 0.3) is 0 Å². The molecule has 7 nitrogen and oxygen atoms in total. The second-order valence-electron chi connectivity index (χ2n) is 5.29. The number of rotatable bonds is 6. The fourth-order valence-electron chi connectivity index (χ4n) is 2.12. The molecule has 0 spiro atoms. The predicted octanol–water partition coefficient (Wildman–Crippen LogP) is 1.63. The number of para-hydroxylation sites is 1. The Kier molecular flexibility index (Phi) is 6.35. The fraction of sp³-hybridized carbons (Fsp3) is 0.294. The zero-order chi connectivity index (χ0) is 18.4. The van der Waals surface area contributed by atoms with Crippen molar-refractivity contribution in [2.45, 2.75) is 23.8 Å². The van der Waals surface area contributed by atoms with E-state index in [1.54, 1.807) is 18.9 Å². The molecule has 0 aliphatic carbocycles. The molecule has 0 bridgehead atoms. The second kappa shape index (κ2) is 8.48. The number of nitrogens with zero attached hydrogens (tertiary/aromatic N) is 2. The first-order valence-corrected chi connectivity index (χ1v) is 8.45. The average Bonchev–Trinajstić information content (AvgIpc) is 2.60. The standard InChI is InChI=1S/C17H19N3O4S/c1-11(16(23)20(2)13-7-5-4-6-8-13)25-17-18-12(9-14(21)19-17)10-15(22)24-3/h4-9,11H,10H2,1-3H3,(H,18,19,21)/t11-/m0/s1. The Balaban J connectivity index is 2.11. The Morgan fingerprint density at radius 2 is 2.00 bits per heavy atom. The summed E-state index contributed by atoms with van der Waals surface area (Å²) in [5, 5.41) is -0.185. The topological polar surface area (TPSA) is 92.4 Å². The molecule has 0 unspecified atom stereocenters. The number of hydrogen-bond donors (Lipinski definition) is 1. The van der Waals surface area contributed by atoms with E-state index >= 15 is 0 Å². The number of esters is 1. The highest BCUT2D eigenvalue weighted by atomic mass is 32.2. The van der Waals surface area contributed by atoms with Crippen LogP contribution in [0.1, 0.15) is 12.6 Å². The number of H-pyrrole nitrogens is 1. The van der Waals surface area contributed by atoms with E-state index in [2.05, 4.69) is 14.7 Å². The minimum absolute atomic E-state index is 0.0970. The van der Waals surface area contributed by atoms with Gasteiger partial charge in [0.1, 0.15) is 0 Å². The van der Waals surface area contributed by atoms with E-state index in [4.69, 9.17) is 0 Å². The maximum atomic E-state index is 12.6. The number of aromatic nitrogens is 2. The summed E-state index contributed by atoms with van der Waals surface area (Å²) in [6.45, 7) is 1.74. The van der Waals surface area contributed by atoms with Gasteiger partial charge >= 0.3 is 5.97 Å². The summed E-state index contributed by atoms with van der Waals surface area (Å²) in [5.41, 5.74) is 0.697. The molecular weight excluding hydrogens is 342 g/mol. The number of anilines is 1. The van der Waals surface area contributed by atoms with Crippen LogP contribution in [-0.2, 0) is 20.7 Å². The van der Waals surface area contributed by atoms with E-state index in [1.807, 2.05) is 30.3 Å². The number of carbonyl (C=O) groups is 2. The maximum absolute atomic E-state index is 12.6. The SMILES string of the molecule is COC(=O)Cc1cc(=O)[nH]c(S[C@@H](C)C(=O)N(C)c2ccccc2)n1. The Bertz CT molecular complexity index is 807. The van der Waals surface area contributed by atoms with E-state index in [0.29, 0.717) is 5.69 Å². The molecule has 0 aliphatic rings. The smallest absolute Gasteiger partial charge is 0.311 e. The van der Waals surface area contributed by atoms with Crippen molar-refractivity contribution in [2.75, 3.05) is 19.1 Å². The molecule has 1 heterocycles. The molecule has 0 fully saturated rings. The van der Waals surface area contributed by atoms with Gasteiger partial charge in [-0.25, -0.2) is 4.98 Å². The van der Waals surface area contributed by atoms with Crippen LogP contribution in [0.3, 0.4) is 0 Å². The van der Waals surface area contributed by atoms with Gasteiger partial charge in [-0.05, 0) is 19.1 Å². The van der Waals surface area contributed by atoms with Crippen LogP contribution in [0.5, 0.6) is 0 Å². The molecule has 1 amide bonds. The number of hydrogen-bond acceptors (Lipinski definition) is 6. The van der Waals surface area contributed by atoms with Gasteiger partial charge in [-0.2, -0.15) is 0 Å². The Morgan fingerprint density at radius 3 is 2.64 bits per heavy atom. The number of amides is 1. The molecule has 1 atom stereocenters. The number of thioether (sulfide) groups is 1. The minimum atomic E-state index is -0.484. The summed E-state index contributed by atoms with van der Waals surface area (Å²) in [6.07, 6.45) is -0.0970. The first kappa shape index (κ1) is 18.7. The minimum Gasteiger partial charge on any atom is -0.469 e. The lowest BCUT2D eigenvalue weighted by Crippen LogP contribution is -2.33. The highest BCUT2D eigenvalue weighted by Gasteiger charge is 2.21. The molecular formula is C17H19N3O4S. The highest BCUT2D eigenvalue weighted by Crippen LogP contribution is 2.22. The number of methoxy groups -OCH3 is 1. The summed E-state index contributed by atoms with van der Waals surface area (Å²) < 4.78 is 4.57. The van der Waals surface area contributed by atoms with Crippen LogP contribution >= 0.6 is 11.8 Å². The van der Waals surface area contributed by atoms with Gasteiger partial charge in [0.25, 0.3) is 5.56 Å². The zero-order valence-corrected chi connectivity index (χ0v) is 15.0. The largest absolute Gasteiger partial charge is 0.469 e. The monoisotopic (exact) mass is 361 g/mol. The van der Waals surface area contributed by atoms with Gasteiger partial charge in [0.15, 0.2) is 5.16 Å². The molecule has 1 aromatic heterocycles. The molecule has 1 aromatic carbocycles. The third kappa shape index (κ3) is 5.18. The summed E-state index contributed by atoms with van der Waals surface area (Å²) in [6, 6.07) is 10.5. The number of aromatic amines is 1. The van der Waals surface area contributed by atoms with Gasteiger partial charge in [0.05, 0.1) is 24.5 Å². The van der Waals surface area contributed by atoms with Gasteiger partial charge < -0.3 is 14.6 Å². The predicted molar refractivity (Wildman–Crippen MR) is 95.7 cm³/mol. The van der Waals surface area contributed by atoms with E-state index in [0.717, 1.165) is 17.4 Å². The highest BCUT2D eigenvalue weighted by molar-refractivity contribution is 8.00. The molecule has 0 aliphatic heterocycles. The molecule has 2 rings (SSSR count). The average molecular weight is 361 g/mol. The number of ether oxygens (including phenoxy) is 1. The summed E-state index contributed by atoms with van der Waals surface area (Å²) in [4.78, 5) is 44.0. The zero-order valence-electron chi connectivity index (χ0n) is 14.2. The van der Waals surface area contributed by atoms with Crippen molar-refractivity contribution in [3.63, 3.8) is 0 Å². The van der Waals surface area contributed by atoms with E-state index in [1.165, 1.54) is 13.2 Å². The van der Waals surface area contributed by atoms with Gasteiger partial charge in [-0.3, -0.25) is 14.4 Å². The van der Waals surface area contributed by atoms with Gasteiger partial charge in [0.2, 0.25) is 5.91 Å². The first-order chi connectivity index (χ1) is 11.9. The summed E-state index contributed by atoms with van der Waals surface area (Å²) >= 11 is 1.13. The normalized spacial score (nSPS) is 11.6. The molecule has 1 N–H and O–H groups in total. The lowest BCUT2D eigenvalue weighted by molar-refractivity contribution is -0.139. The van der Waals surface area contributed by atoms with Crippen molar-refractivity contribution in [1.82, 2.24) is 9.97 Å². The Hall–Kier alpha value is -2.61. The van der Waals surface area contributed by atoms with Crippen molar-refractivity contribution in [3.05, 3.63) is 52.4 Å². The van der Waals surface area contributed by atoms with Crippen LogP contribution in [0, 0.1) is 0 Å². The molecule has 2 aromatic rings. The summed E-state index contributed by atoms with van der Waals surface area (Å²) in [5.74, 6) is -0.612. The van der Waals surface area contributed by atoms with Crippen LogP contribution < -0.4 is 10.5 Å².